The molecule has 1 aromatic rings. The molecule has 0 aromatic heterocycles. The van der Waals surface area contributed by atoms with E-state index >= 15 is 0 Å². The Labute approximate surface area is 142 Å². The highest BCUT2D eigenvalue weighted by molar-refractivity contribution is 6.35. The first-order chi connectivity index (χ1) is 10.5. The maximum absolute atomic E-state index is 12.2. The van der Waals surface area contributed by atoms with Crippen LogP contribution in [0.25, 0.3) is 0 Å². The summed E-state index contributed by atoms with van der Waals surface area (Å²) >= 11 is 17.9. The molecule has 22 heavy (non-hydrogen) atoms. The Bertz CT molecular complexity index is 646. The topological polar surface area (TPSA) is 67.4 Å². The van der Waals surface area contributed by atoms with E-state index in [-0.39, 0.29) is 18.1 Å². The van der Waals surface area contributed by atoms with E-state index in [0.717, 1.165) is 0 Å². The zero-order valence-corrected chi connectivity index (χ0v) is 13.9. The highest BCUT2D eigenvalue weighted by Crippen LogP contribution is 2.33. The minimum Gasteiger partial charge on any atom is -0.463 e. The van der Waals surface area contributed by atoms with Gasteiger partial charge in [-0.15, -0.1) is 11.6 Å². The van der Waals surface area contributed by atoms with Crippen molar-refractivity contribution in [2.24, 2.45) is 0 Å². The monoisotopic (exact) mass is 362 g/mol. The molecule has 1 aliphatic heterocycles. The molecule has 0 aliphatic carbocycles. The van der Waals surface area contributed by atoms with Crippen LogP contribution in [0.4, 0.5) is 4.79 Å². The molecular formula is C14H13Cl3N2O3. The van der Waals surface area contributed by atoms with Crippen molar-refractivity contribution in [2.45, 2.75) is 13.0 Å². The van der Waals surface area contributed by atoms with Crippen LogP contribution in [0.5, 0.6) is 0 Å². The van der Waals surface area contributed by atoms with Gasteiger partial charge in [0.1, 0.15) is 0 Å². The summed E-state index contributed by atoms with van der Waals surface area (Å²) in [6, 6.07) is 3.58. The van der Waals surface area contributed by atoms with Crippen molar-refractivity contribution in [1.82, 2.24) is 10.6 Å². The van der Waals surface area contributed by atoms with Crippen LogP contribution >= 0.6 is 34.8 Å². The quantitative estimate of drug-likeness (QED) is 0.636. The third-order valence-electron chi connectivity index (χ3n) is 3.06. The van der Waals surface area contributed by atoms with E-state index in [2.05, 4.69) is 10.6 Å². The largest absolute Gasteiger partial charge is 0.463 e. The van der Waals surface area contributed by atoms with Crippen LogP contribution in [0.15, 0.2) is 29.5 Å². The lowest BCUT2D eigenvalue weighted by molar-refractivity contribution is -0.139. The highest BCUT2D eigenvalue weighted by atomic mass is 35.5. The summed E-state index contributed by atoms with van der Waals surface area (Å²) in [7, 11) is 0. The second kappa shape index (κ2) is 7.22. The Morgan fingerprint density at radius 3 is 2.68 bits per heavy atom. The van der Waals surface area contributed by atoms with Crippen molar-refractivity contribution in [3.05, 3.63) is 45.1 Å². The standard InChI is InChI=1S/C14H13Cl3N2O3/c1-2-22-13(20)11-10(6-15)18-14(21)19-12(11)8-4-3-7(16)5-9(8)17/h3-5,12H,2,6H2,1H3,(H2,18,19,21). The number of esters is 1. The summed E-state index contributed by atoms with van der Waals surface area (Å²) < 4.78 is 5.05. The van der Waals surface area contributed by atoms with Gasteiger partial charge in [0, 0.05) is 15.7 Å². The lowest BCUT2D eigenvalue weighted by atomic mass is 9.95. The van der Waals surface area contributed by atoms with Crippen molar-refractivity contribution < 1.29 is 14.3 Å². The number of allylic oxidation sites excluding steroid dienone is 1. The molecule has 1 aliphatic rings. The predicted molar refractivity (Wildman–Crippen MR) is 85.2 cm³/mol. The number of nitrogens with one attached hydrogen (secondary N) is 2. The minimum atomic E-state index is -0.758. The number of carbonyl (C=O) groups is 2. The smallest absolute Gasteiger partial charge is 0.338 e. The molecule has 8 heteroatoms. The van der Waals surface area contributed by atoms with Crippen LogP contribution in [0.1, 0.15) is 18.5 Å². The summed E-state index contributed by atoms with van der Waals surface area (Å²) in [5.41, 5.74) is 1.05. The molecular weight excluding hydrogens is 351 g/mol. The van der Waals surface area contributed by atoms with Crippen LogP contribution in [0.3, 0.4) is 0 Å². The van der Waals surface area contributed by atoms with Gasteiger partial charge in [0.15, 0.2) is 0 Å². The lowest BCUT2D eigenvalue weighted by Crippen LogP contribution is -2.46. The second-order valence-electron chi connectivity index (χ2n) is 4.44. The van der Waals surface area contributed by atoms with Gasteiger partial charge in [0.05, 0.1) is 24.1 Å². The van der Waals surface area contributed by atoms with Crippen LogP contribution in [-0.4, -0.2) is 24.5 Å². The number of hydrogen-bond acceptors (Lipinski definition) is 3. The number of urea groups is 1. The Balaban J connectivity index is 2.54. The van der Waals surface area contributed by atoms with Crippen molar-refractivity contribution in [3.63, 3.8) is 0 Å². The Morgan fingerprint density at radius 1 is 1.36 bits per heavy atom. The van der Waals surface area contributed by atoms with Crippen LogP contribution < -0.4 is 10.6 Å². The summed E-state index contributed by atoms with van der Waals surface area (Å²) in [6.07, 6.45) is 0. The number of alkyl halides is 1. The van der Waals surface area contributed by atoms with Crippen molar-refractivity contribution in [1.29, 1.82) is 0 Å². The molecule has 0 spiro atoms. The molecule has 0 saturated carbocycles. The summed E-state index contributed by atoms with van der Waals surface area (Å²) in [5, 5.41) is 5.95. The predicted octanol–water partition coefficient (Wildman–Crippen LogP) is 3.40. The summed E-state index contributed by atoms with van der Waals surface area (Å²) in [5.74, 6) is -0.606. The lowest BCUT2D eigenvalue weighted by Gasteiger charge is -2.29. The first kappa shape index (κ1) is 16.9. The van der Waals surface area contributed by atoms with Gasteiger partial charge in [-0.1, -0.05) is 29.3 Å². The fraction of sp³-hybridized carbons (Fsp3) is 0.286. The van der Waals surface area contributed by atoms with E-state index < -0.39 is 18.0 Å². The Hall–Kier alpha value is -1.43. The van der Waals surface area contributed by atoms with Gasteiger partial charge < -0.3 is 15.4 Å². The number of benzene rings is 1. The maximum atomic E-state index is 12.2. The van der Waals surface area contributed by atoms with Crippen molar-refractivity contribution >= 4 is 46.8 Å². The molecule has 0 saturated heterocycles. The molecule has 1 aromatic carbocycles. The molecule has 0 fully saturated rings. The number of carbonyl (C=O) groups excluding carboxylic acids is 2. The van der Waals surface area contributed by atoms with E-state index in [1.54, 1.807) is 19.1 Å². The van der Waals surface area contributed by atoms with Crippen LogP contribution in [0.2, 0.25) is 10.0 Å². The van der Waals surface area contributed by atoms with Crippen LogP contribution in [-0.2, 0) is 9.53 Å². The van der Waals surface area contributed by atoms with Gasteiger partial charge in [-0.2, -0.15) is 0 Å². The number of hydrogen-bond donors (Lipinski definition) is 2. The van der Waals surface area contributed by atoms with E-state index in [1.807, 2.05) is 0 Å². The summed E-state index contributed by atoms with van der Waals surface area (Å²) in [6.45, 7) is 1.89. The molecule has 1 atom stereocenters. The van der Waals surface area contributed by atoms with Gasteiger partial charge >= 0.3 is 12.0 Å². The van der Waals surface area contributed by atoms with Gasteiger partial charge in [-0.05, 0) is 24.6 Å². The maximum Gasteiger partial charge on any atom is 0.338 e. The average molecular weight is 364 g/mol. The first-order valence-electron chi connectivity index (χ1n) is 6.46. The number of rotatable bonds is 4. The van der Waals surface area contributed by atoms with E-state index in [1.165, 1.54) is 6.07 Å². The number of amides is 2. The molecule has 1 heterocycles. The SMILES string of the molecule is CCOC(=O)C1=C(CCl)NC(=O)NC1c1ccc(Cl)cc1Cl. The third-order valence-corrected chi connectivity index (χ3v) is 3.89. The van der Waals surface area contributed by atoms with Crippen molar-refractivity contribution in [2.75, 3.05) is 12.5 Å². The Kier molecular flexibility index (Phi) is 5.56. The third kappa shape index (κ3) is 3.48. The molecule has 1 unspecified atom stereocenters. The first-order valence-corrected chi connectivity index (χ1v) is 7.75. The van der Waals surface area contributed by atoms with E-state index in [9.17, 15) is 9.59 Å². The second-order valence-corrected chi connectivity index (χ2v) is 5.55. The molecule has 0 bridgehead atoms. The van der Waals surface area contributed by atoms with Gasteiger partial charge in [0.25, 0.3) is 0 Å². The minimum absolute atomic E-state index is 0.0384. The van der Waals surface area contributed by atoms with Gasteiger partial charge in [-0.25, -0.2) is 9.59 Å². The number of halogens is 3. The fourth-order valence-corrected chi connectivity index (χ4v) is 2.87. The summed E-state index contributed by atoms with van der Waals surface area (Å²) in [4.78, 5) is 24.0. The molecule has 2 N–H and O–H groups in total. The number of ether oxygens (including phenoxy) is 1. The van der Waals surface area contributed by atoms with E-state index in [0.29, 0.717) is 21.3 Å². The van der Waals surface area contributed by atoms with E-state index in [4.69, 9.17) is 39.5 Å². The zero-order valence-electron chi connectivity index (χ0n) is 11.6. The Morgan fingerprint density at radius 2 is 2.09 bits per heavy atom. The highest BCUT2D eigenvalue weighted by Gasteiger charge is 2.34. The molecule has 2 amide bonds. The molecule has 0 radical (unpaired) electrons. The molecule has 5 nitrogen and oxygen atoms in total. The van der Waals surface area contributed by atoms with Crippen molar-refractivity contribution in [3.8, 4) is 0 Å². The molecule has 118 valence electrons. The average Bonchev–Trinajstić information content (AvgIpc) is 2.46. The van der Waals surface area contributed by atoms with Crippen LogP contribution in [0, 0.1) is 0 Å². The molecule has 2 rings (SSSR count). The fourth-order valence-electron chi connectivity index (χ4n) is 2.14. The van der Waals surface area contributed by atoms with Gasteiger partial charge in [0.2, 0.25) is 0 Å². The zero-order chi connectivity index (χ0) is 16.3. The van der Waals surface area contributed by atoms with Gasteiger partial charge in [-0.3, -0.25) is 0 Å². The normalized spacial score (nSPS) is 17.8.